The van der Waals surface area contributed by atoms with E-state index in [2.05, 4.69) is 20.9 Å². The molecule has 0 radical (unpaired) electrons. The number of hydrogen-bond acceptors (Lipinski definition) is 4. The zero-order valence-corrected chi connectivity index (χ0v) is 10.1. The molecule has 0 fully saturated rings. The molecule has 0 saturated heterocycles. The summed E-state index contributed by atoms with van der Waals surface area (Å²) in [6.45, 7) is 1.31. The fourth-order valence-electron chi connectivity index (χ4n) is 2.00. The molecule has 1 aliphatic rings. The summed E-state index contributed by atoms with van der Waals surface area (Å²) in [5.41, 5.74) is 2.29. The molecule has 0 saturated carbocycles. The summed E-state index contributed by atoms with van der Waals surface area (Å²) in [5, 5.41) is 0. The molecule has 2 aromatic heterocycles. The first-order valence-corrected chi connectivity index (χ1v) is 5.87. The molecule has 84 valence electrons. The number of fused-ring (bicyclic) bond motifs is 1. The average Bonchev–Trinajstić information content (AvgIpc) is 2.87. The number of nitrogens with zero attached hydrogens (tertiary/aromatic N) is 1. The predicted octanol–water partition coefficient (Wildman–Crippen LogP) is 2.73. The highest BCUT2D eigenvalue weighted by Crippen LogP contribution is 2.35. The summed E-state index contributed by atoms with van der Waals surface area (Å²) in [7, 11) is 0. The number of halogens is 1. The Hall–Kier alpha value is -1.07. The molecule has 0 aliphatic carbocycles. The van der Waals surface area contributed by atoms with Crippen molar-refractivity contribution in [2.75, 3.05) is 13.2 Å². The zero-order chi connectivity index (χ0) is 11.0. The lowest BCUT2D eigenvalue weighted by atomic mass is 9.97. The molecule has 0 spiro atoms. The van der Waals surface area contributed by atoms with Gasteiger partial charge in [-0.1, -0.05) is 0 Å². The Kier molecular flexibility index (Phi) is 2.57. The number of furan rings is 1. The maximum atomic E-state index is 5.58. The number of rotatable bonds is 1. The van der Waals surface area contributed by atoms with E-state index in [1.165, 1.54) is 12.0 Å². The van der Waals surface area contributed by atoms with Crippen molar-refractivity contribution < 1.29 is 13.6 Å². The van der Waals surface area contributed by atoms with Gasteiger partial charge in [0.05, 0.1) is 31.6 Å². The van der Waals surface area contributed by atoms with E-state index in [0.29, 0.717) is 13.2 Å². The van der Waals surface area contributed by atoms with E-state index in [9.17, 15) is 0 Å². The normalized spacial score (nSPS) is 20.4. The average molecular weight is 284 g/mol. The second-order valence-electron chi connectivity index (χ2n) is 3.72. The molecule has 2 aromatic rings. The Morgan fingerprint density at radius 3 is 3.12 bits per heavy atom. The summed E-state index contributed by atoms with van der Waals surface area (Å²) in [4.78, 5) is 3.94. The molecule has 1 unspecified atom stereocenters. The zero-order valence-electron chi connectivity index (χ0n) is 8.48. The topological polar surface area (TPSA) is 48.4 Å². The molecule has 0 bridgehead atoms. The van der Waals surface area contributed by atoms with Crippen molar-refractivity contribution in [1.29, 1.82) is 0 Å². The Morgan fingerprint density at radius 2 is 2.31 bits per heavy atom. The van der Waals surface area contributed by atoms with Crippen molar-refractivity contribution in [3.63, 3.8) is 0 Å². The van der Waals surface area contributed by atoms with Crippen LogP contribution in [0.25, 0.3) is 0 Å². The Morgan fingerprint density at radius 1 is 1.38 bits per heavy atom. The monoisotopic (exact) mass is 283 g/mol. The smallest absolute Gasteiger partial charge is 0.180 e. The highest BCUT2D eigenvalue weighted by molar-refractivity contribution is 9.10. The minimum absolute atomic E-state index is 0.0787. The van der Waals surface area contributed by atoms with Gasteiger partial charge in [-0.15, -0.1) is 0 Å². The van der Waals surface area contributed by atoms with Crippen LogP contribution in [0.1, 0.15) is 22.8 Å². The van der Waals surface area contributed by atoms with E-state index in [0.717, 1.165) is 22.4 Å². The van der Waals surface area contributed by atoms with E-state index in [-0.39, 0.29) is 5.92 Å². The molecule has 0 N–H and O–H groups in total. The number of hydrogen-bond donors (Lipinski definition) is 0. The fraction of sp³-hybridized carbons (Fsp3) is 0.364. The first-order valence-electron chi connectivity index (χ1n) is 5.08. The third-order valence-corrected chi connectivity index (χ3v) is 3.49. The Balaban J connectivity index is 2.06. The quantitative estimate of drug-likeness (QED) is 0.808. The largest absolute Gasteiger partial charge is 0.457 e. The lowest BCUT2D eigenvalue weighted by Crippen LogP contribution is -2.06. The number of ether oxygens (including phenoxy) is 1. The third kappa shape index (κ3) is 1.60. The summed E-state index contributed by atoms with van der Waals surface area (Å²) in [5.74, 6) is 0.895. The SMILES string of the molecule is Brc1occ2c1CCOCC2c1cnco1. The Labute approximate surface area is 101 Å². The van der Waals surface area contributed by atoms with Gasteiger partial charge in [0.15, 0.2) is 11.1 Å². The van der Waals surface area contributed by atoms with Gasteiger partial charge in [0.2, 0.25) is 0 Å². The van der Waals surface area contributed by atoms with Crippen molar-refractivity contribution in [3.8, 4) is 0 Å². The van der Waals surface area contributed by atoms with Gasteiger partial charge in [0.25, 0.3) is 0 Å². The summed E-state index contributed by atoms with van der Waals surface area (Å²) < 4.78 is 17.1. The van der Waals surface area contributed by atoms with Crippen molar-refractivity contribution in [2.24, 2.45) is 0 Å². The second-order valence-corrected chi connectivity index (χ2v) is 4.44. The lowest BCUT2D eigenvalue weighted by Gasteiger charge is -2.09. The van der Waals surface area contributed by atoms with Gasteiger partial charge in [-0.25, -0.2) is 4.98 Å². The van der Waals surface area contributed by atoms with Crippen LogP contribution in [0.4, 0.5) is 0 Å². The third-order valence-electron chi connectivity index (χ3n) is 2.83. The van der Waals surface area contributed by atoms with Crippen LogP contribution in [0, 0.1) is 0 Å². The van der Waals surface area contributed by atoms with Crippen LogP contribution >= 0.6 is 15.9 Å². The van der Waals surface area contributed by atoms with Gasteiger partial charge in [0, 0.05) is 17.5 Å². The van der Waals surface area contributed by atoms with Crippen LogP contribution in [0.5, 0.6) is 0 Å². The molecule has 3 heterocycles. The minimum atomic E-state index is 0.0787. The van der Waals surface area contributed by atoms with Gasteiger partial charge in [-0.2, -0.15) is 0 Å². The van der Waals surface area contributed by atoms with Gasteiger partial charge < -0.3 is 13.6 Å². The standard InChI is InChI=1S/C11H10BrNO3/c12-11-7-1-2-14-4-9(8(7)5-15-11)10-3-13-6-16-10/h3,5-6,9H,1-2,4H2. The number of oxazole rings is 1. The van der Waals surface area contributed by atoms with Gasteiger partial charge in [-0.3, -0.25) is 0 Å². The van der Waals surface area contributed by atoms with Crippen LogP contribution in [0.15, 0.2) is 32.4 Å². The summed E-state index contributed by atoms with van der Waals surface area (Å²) >= 11 is 3.41. The highest BCUT2D eigenvalue weighted by Gasteiger charge is 2.27. The van der Waals surface area contributed by atoms with E-state index < -0.39 is 0 Å². The van der Waals surface area contributed by atoms with E-state index in [1.54, 1.807) is 12.5 Å². The van der Waals surface area contributed by atoms with Crippen molar-refractivity contribution in [3.05, 3.63) is 40.4 Å². The van der Waals surface area contributed by atoms with Crippen molar-refractivity contribution >= 4 is 15.9 Å². The maximum absolute atomic E-state index is 5.58. The summed E-state index contributed by atoms with van der Waals surface area (Å²) in [6.07, 6.45) is 5.79. The van der Waals surface area contributed by atoms with Crippen molar-refractivity contribution in [1.82, 2.24) is 4.98 Å². The Bertz CT molecular complexity index is 477. The first kappa shape index (κ1) is 10.1. The summed E-state index contributed by atoms with van der Waals surface area (Å²) in [6, 6.07) is 0. The fourth-order valence-corrected chi connectivity index (χ4v) is 2.52. The van der Waals surface area contributed by atoms with Crippen LogP contribution in [-0.4, -0.2) is 18.2 Å². The molecule has 5 heteroatoms. The van der Waals surface area contributed by atoms with Gasteiger partial charge >= 0.3 is 0 Å². The van der Waals surface area contributed by atoms with E-state index in [4.69, 9.17) is 13.6 Å². The van der Waals surface area contributed by atoms with Crippen LogP contribution in [0.3, 0.4) is 0 Å². The second kappa shape index (κ2) is 4.07. The van der Waals surface area contributed by atoms with Crippen LogP contribution in [0.2, 0.25) is 0 Å². The van der Waals surface area contributed by atoms with Crippen LogP contribution < -0.4 is 0 Å². The van der Waals surface area contributed by atoms with Crippen LogP contribution in [-0.2, 0) is 11.2 Å². The highest BCUT2D eigenvalue weighted by atomic mass is 79.9. The molecule has 0 amide bonds. The van der Waals surface area contributed by atoms with Crippen molar-refractivity contribution in [2.45, 2.75) is 12.3 Å². The lowest BCUT2D eigenvalue weighted by molar-refractivity contribution is 0.131. The van der Waals surface area contributed by atoms with E-state index >= 15 is 0 Å². The molecule has 0 aromatic carbocycles. The molecular weight excluding hydrogens is 274 g/mol. The predicted molar refractivity (Wildman–Crippen MR) is 59.3 cm³/mol. The molecule has 1 atom stereocenters. The first-order chi connectivity index (χ1) is 7.86. The molecular formula is C11H10BrNO3. The van der Waals surface area contributed by atoms with Gasteiger partial charge in [0.1, 0.15) is 5.76 Å². The molecule has 16 heavy (non-hydrogen) atoms. The molecule has 1 aliphatic heterocycles. The minimum Gasteiger partial charge on any atom is -0.457 e. The maximum Gasteiger partial charge on any atom is 0.180 e. The number of aromatic nitrogens is 1. The molecule has 4 nitrogen and oxygen atoms in total. The van der Waals surface area contributed by atoms with E-state index in [1.807, 2.05) is 0 Å². The van der Waals surface area contributed by atoms with Gasteiger partial charge in [-0.05, 0) is 15.9 Å². The molecule has 3 rings (SSSR count).